The Bertz CT molecular complexity index is 683. The fourth-order valence-corrected chi connectivity index (χ4v) is 2.35. The molecular weight excluding hydrogens is 296 g/mol. The van der Waals surface area contributed by atoms with E-state index < -0.39 is 0 Å². The molecule has 0 bridgehead atoms. The van der Waals surface area contributed by atoms with Crippen molar-refractivity contribution in [1.82, 2.24) is 0 Å². The first kappa shape index (κ1) is 16.4. The molecule has 0 aliphatic rings. The predicted octanol–water partition coefficient (Wildman–Crippen LogP) is 4.71. The highest BCUT2D eigenvalue weighted by Crippen LogP contribution is 2.20. The first-order valence-corrected chi connectivity index (χ1v) is 7.70. The highest BCUT2D eigenvalue weighted by Gasteiger charge is 2.06. The van der Waals surface area contributed by atoms with Crippen molar-refractivity contribution in [2.45, 2.75) is 27.2 Å². The zero-order valence-electron chi connectivity index (χ0n) is 13.2. The Balaban J connectivity index is 1.88. The molecule has 0 aromatic heterocycles. The normalized spacial score (nSPS) is 10.4. The number of rotatable bonds is 5. The minimum atomic E-state index is 0.000816. The second kappa shape index (κ2) is 7.32. The smallest absolute Gasteiger partial charge is 0.226 e. The average Bonchev–Trinajstić information content (AvgIpc) is 2.46. The van der Waals surface area contributed by atoms with Crippen LogP contribution < -0.4 is 10.6 Å². The molecule has 0 aliphatic heterocycles. The third-order valence-electron chi connectivity index (χ3n) is 3.53. The van der Waals surface area contributed by atoms with Gasteiger partial charge in [-0.1, -0.05) is 29.8 Å². The van der Waals surface area contributed by atoms with Crippen molar-refractivity contribution in [1.29, 1.82) is 0 Å². The van der Waals surface area contributed by atoms with Crippen molar-refractivity contribution in [2.75, 3.05) is 17.2 Å². The fraction of sp³-hybridized carbons (Fsp3) is 0.278. The first-order valence-electron chi connectivity index (χ1n) is 7.33. The molecule has 0 heterocycles. The molecule has 2 N–H and O–H groups in total. The highest BCUT2D eigenvalue weighted by molar-refractivity contribution is 6.30. The molecule has 3 nitrogen and oxygen atoms in total. The first-order chi connectivity index (χ1) is 10.5. The van der Waals surface area contributed by atoms with Crippen LogP contribution in [0.2, 0.25) is 5.02 Å². The summed E-state index contributed by atoms with van der Waals surface area (Å²) in [5.74, 6) is 0.000816. The van der Waals surface area contributed by atoms with E-state index in [0.717, 1.165) is 28.1 Å². The minimum absolute atomic E-state index is 0.000816. The Morgan fingerprint density at radius 3 is 2.45 bits per heavy atom. The molecular formula is C18H21ClN2O. The quantitative estimate of drug-likeness (QED) is 0.839. The summed E-state index contributed by atoms with van der Waals surface area (Å²) in [6, 6.07) is 11.7. The number of benzene rings is 2. The van der Waals surface area contributed by atoms with Crippen LogP contribution in [0.15, 0.2) is 36.4 Å². The van der Waals surface area contributed by atoms with Crippen LogP contribution in [0.25, 0.3) is 0 Å². The maximum absolute atomic E-state index is 12.0. The van der Waals surface area contributed by atoms with Gasteiger partial charge in [-0.05, 0) is 55.7 Å². The fourth-order valence-electron chi connectivity index (χ4n) is 2.18. The molecule has 2 aromatic rings. The Morgan fingerprint density at radius 1 is 1.00 bits per heavy atom. The van der Waals surface area contributed by atoms with E-state index in [2.05, 4.69) is 10.6 Å². The van der Waals surface area contributed by atoms with Gasteiger partial charge in [-0.25, -0.2) is 0 Å². The van der Waals surface area contributed by atoms with E-state index in [9.17, 15) is 4.79 Å². The topological polar surface area (TPSA) is 41.1 Å². The third-order valence-corrected chi connectivity index (χ3v) is 3.77. The highest BCUT2D eigenvalue weighted by atomic mass is 35.5. The van der Waals surface area contributed by atoms with E-state index in [4.69, 9.17) is 11.6 Å². The minimum Gasteiger partial charge on any atom is -0.384 e. The van der Waals surface area contributed by atoms with Crippen LogP contribution in [0.3, 0.4) is 0 Å². The van der Waals surface area contributed by atoms with Crippen LogP contribution in [0.1, 0.15) is 23.1 Å². The number of amides is 1. The van der Waals surface area contributed by atoms with E-state index in [1.807, 2.05) is 57.2 Å². The Labute approximate surface area is 136 Å². The summed E-state index contributed by atoms with van der Waals surface area (Å²) in [6.45, 7) is 6.58. The van der Waals surface area contributed by atoms with Crippen molar-refractivity contribution in [3.63, 3.8) is 0 Å². The molecule has 0 radical (unpaired) electrons. The van der Waals surface area contributed by atoms with Gasteiger partial charge in [-0.2, -0.15) is 0 Å². The van der Waals surface area contributed by atoms with Crippen LogP contribution in [-0.2, 0) is 4.79 Å². The van der Waals surface area contributed by atoms with Gasteiger partial charge in [-0.15, -0.1) is 0 Å². The number of hydrogen-bond acceptors (Lipinski definition) is 2. The van der Waals surface area contributed by atoms with Crippen LogP contribution in [-0.4, -0.2) is 12.5 Å². The van der Waals surface area contributed by atoms with Gasteiger partial charge < -0.3 is 10.6 Å². The molecule has 116 valence electrons. The van der Waals surface area contributed by atoms with Gasteiger partial charge in [0.2, 0.25) is 5.91 Å². The Kier molecular flexibility index (Phi) is 5.45. The van der Waals surface area contributed by atoms with Gasteiger partial charge in [0.05, 0.1) is 0 Å². The number of nitrogens with one attached hydrogen (secondary N) is 2. The summed E-state index contributed by atoms with van der Waals surface area (Å²) in [5.41, 5.74) is 5.15. The van der Waals surface area contributed by atoms with Gasteiger partial charge in [0.15, 0.2) is 0 Å². The summed E-state index contributed by atoms with van der Waals surface area (Å²) < 4.78 is 0. The van der Waals surface area contributed by atoms with Crippen molar-refractivity contribution < 1.29 is 4.79 Å². The van der Waals surface area contributed by atoms with E-state index in [1.165, 1.54) is 0 Å². The molecule has 4 heteroatoms. The lowest BCUT2D eigenvalue weighted by atomic mass is 10.1. The van der Waals surface area contributed by atoms with E-state index in [-0.39, 0.29) is 5.91 Å². The molecule has 0 spiro atoms. The SMILES string of the molecule is Cc1ccc(C)c(NC(=O)CCNc2cc(Cl)ccc2C)c1. The van der Waals surface area contributed by atoms with Crippen LogP contribution >= 0.6 is 11.6 Å². The molecule has 22 heavy (non-hydrogen) atoms. The summed E-state index contributed by atoms with van der Waals surface area (Å²) >= 11 is 5.98. The zero-order valence-corrected chi connectivity index (χ0v) is 13.9. The van der Waals surface area contributed by atoms with E-state index >= 15 is 0 Å². The lowest BCUT2D eigenvalue weighted by Crippen LogP contribution is -2.17. The number of aryl methyl sites for hydroxylation is 3. The number of carbonyl (C=O) groups is 1. The van der Waals surface area contributed by atoms with Gasteiger partial charge in [0.25, 0.3) is 0 Å². The maximum Gasteiger partial charge on any atom is 0.226 e. The molecule has 2 rings (SSSR count). The van der Waals surface area contributed by atoms with E-state index in [1.54, 1.807) is 0 Å². The second-order valence-corrected chi connectivity index (χ2v) is 5.94. The van der Waals surface area contributed by atoms with Crippen molar-refractivity contribution in [3.05, 3.63) is 58.1 Å². The van der Waals surface area contributed by atoms with E-state index in [0.29, 0.717) is 18.0 Å². The molecule has 1 amide bonds. The number of halogens is 1. The molecule has 2 aromatic carbocycles. The standard InChI is InChI=1S/C18H21ClN2O/c1-12-4-5-14(3)17(10-12)21-18(22)8-9-20-16-11-15(19)7-6-13(16)2/h4-7,10-11,20H,8-9H2,1-3H3,(H,21,22). The Hall–Kier alpha value is -2.00. The third kappa shape index (κ3) is 4.50. The van der Waals surface area contributed by atoms with Crippen LogP contribution in [0.5, 0.6) is 0 Å². The summed E-state index contributed by atoms with van der Waals surface area (Å²) in [5, 5.41) is 6.90. The molecule has 0 unspecified atom stereocenters. The number of hydrogen-bond donors (Lipinski definition) is 2. The maximum atomic E-state index is 12.0. The van der Waals surface area contributed by atoms with Crippen molar-refractivity contribution in [3.8, 4) is 0 Å². The lowest BCUT2D eigenvalue weighted by Gasteiger charge is -2.11. The molecule has 0 fully saturated rings. The molecule has 0 aliphatic carbocycles. The molecule has 0 saturated carbocycles. The van der Waals surface area contributed by atoms with Crippen LogP contribution in [0.4, 0.5) is 11.4 Å². The number of carbonyl (C=O) groups excluding carboxylic acids is 1. The second-order valence-electron chi connectivity index (χ2n) is 5.50. The van der Waals surface area contributed by atoms with Crippen molar-refractivity contribution in [2.24, 2.45) is 0 Å². The molecule has 0 saturated heterocycles. The lowest BCUT2D eigenvalue weighted by molar-refractivity contribution is -0.115. The van der Waals surface area contributed by atoms with Crippen molar-refractivity contribution >= 4 is 28.9 Å². The van der Waals surface area contributed by atoms with Gasteiger partial charge in [0, 0.05) is 29.4 Å². The predicted molar refractivity (Wildman–Crippen MR) is 93.8 cm³/mol. The molecule has 0 atom stereocenters. The monoisotopic (exact) mass is 316 g/mol. The van der Waals surface area contributed by atoms with Gasteiger partial charge >= 0.3 is 0 Å². The Morgan fingerprint density at radius 2 is 1.68 bits per heavy atom. The summed E-state index contributed by atoms with van der Waals surface area (Å²) in [7, 11) is 0. The summed E-state index contributed by atoms with van der Waals surface area (Å²) in [6.07, 6.45) is 0.402. The average molecular weight is 317 g/mol. The van der Waals surface area contributed by atoms with Gasteiger partial charge in [0.1, 0.15) is 0 Å². The summed E-state index contributed by atoms with van der Waals surface area (Å²) in [4.78, 5) is 12.0. The van der Waals surface area contributed by atoms with Crippen LogP contribution in [0, 0.1) is 20.8 Å². The number of anilines is 2. The largest absolute Gasteiger partial charge is 0.384 e. The zero-order chi connectivity index (χ0) is 16.1. The van der Waals surface area contributed by atoms with Gasteiger partial charge in [-0.3, -0.25) is 4.79 Å².